The molecule has 0 atom stereocenters. The smallest absolute Gasteiger partial charge is 0.363 e. The predicted octanol–water partition coefficient (Wildman–Crippen LogP) is 4.71. The average molecular weight is 308 g/mol. The Labute approximate surface area is 132 Å². The average Bonchev–Trinajstić information content (AvgIpc) is 2.85. The summed E-state index contributed by atoms with van der Waals surface area (Å²) in [4.78, 5) is 0.159. The lowest BCUT2D eigenvalue weighted by Gasteiger charge is -2.07. The van der Waals surface area contributed by atoms with Gasteiger partial charge in [-0.05, 0) is 36.1 Å². The molecule has 0 aliphatic carbocycles. The minimum Gasteiger partial charge on any atom is -0.413 e. The Morgan fingerprint density at radius 2 is 1.73 bits per heavy atom. The van der Waals surface area contributed by atoms with Crippen LogP contribution >= 0.6 is 12.2 Å². The van der Waals surface area contributed by atoms with E-state index in [9.17, 15) is 0 Å². The van der Waals surface area contributed by atoms with Gasteiger partial charge in [-0.2, -0.15) is 0 Å². The van der Waals surface area contributed by atoms with Crippen molar-refractivity contribution in [2.75, 3.05) is 0 Å². The molecular formula is C18H14NO2S+. The maximum absolute atomic E-state index is 5.48. The first-order chi connectivity index (χ1) is 10.6. The van der Waals surface area contributed by atoms with Crippen LogP contribution in [0.4, 0.5) is 0 Å². The first-order valence-electron chi connectivity index (χ1n) is 7.05. The number of pyridine rings is 1. The van der Waals surface area contributed by atoms with E-state index < -0.39 is 0 Å². The highest BCUT2D eigenvalue weighted by Crippen LogP contribution is 2.31. The van der Waals surface area contributed by atoms with Gasteiger partial charge in [-0.15, -0.1) is 0 Å². The molecule has 3 nitrogen and oxygen atoms in total. The van der Waals surface area contributed by atoms with Crippen LogP contribution in [0.15, 0.2) is 57.5 Å². The molecule has 2 heterocycles. The lowest BCUT2D eigenvalue weighted by atomic mass is 9.99. The zero-order valence-electron chi connectivity index (χ0n) is 12.3. The van der Waals surface area contributed by atoms with Gasteiger partial charge in [0.25, 0.3) is 0 Å². The number of hydrogen-bond donors (Lipinski definition) is 0. The molecule has 0 bridgehead atoms. The Kier molecular flexibility index (Phi) is 2.87. The Hall–Kier alpha value is -2.46. The van der Waals surface area contributed by atoms with Gasteiger partial charge in [0.1, 0.15) is 7.05 Å². The van der Waals surface area contributed by atoms with Gasteiger partial charge in [0.2, 0.25) is 5.69 Å². The van der Waals surface area contributed by atoms with Gasteiger partial charge < -0.3 is 8.83 Å². The zero-order valence-corrected chi connectivity index (χ0v) is 13.1. The fourth-order valence-corrected chi connectivity index (χ4v) is 3.09. The molecule has 0 saturated carbocycles. The van der Waals surface area contributed by atoms with E-state index in [4.69, 9.17) is 21.1 Å². The van der Waals surface area contributed by atoms with Crippen molar-refractivity contribution in [3.8, 4) is 11.3 Å². The minimum absolute atomic E-state index is 0.159. The lowest BCUT2D eigenvalue weighted by Crippen LogP contribution is -2.30. The number of hydrogen-bond acceptors (Lipinski definition) is 3. The van der Waals surface area contributed by atoms with E-state index in [0.29, 0.717) is 11.2 Å². The van der Waals surface area contributed by atoms with Crippen molar-refractivity contribution in [1.29, 1.82) is 0 Å². The Morgan fingerprint density at radius 3 is 2.50 bits per heavy atom. The molecule has 0 saturated heterocycles. The molecule has 4 rings (SSSR count). The highest BCUT2D eigenvalue weighted by molar-refractivity contribution is 7.71. The van der Waals surface area contributed by atoms with E-state index >= 15 is 0 Å². The van der Waals surface area contributed by atoms with Crippen molar-refractivity contribution in [1.82, 2.24) is 0 Å². The summed E-state index contributed by atoms with van der Waals surface area (Å²) in [5.41, 5.74) is 4.95. The third kappa shape index (κ3) is 1.96. The number of benzene rings is 2. The topological polar surface area (TPSA) is 30.2 Å². The van der Waals surface area contributed by atoms with Crippen LogP contribution in [0.25, 0.3) is 33.2 Å². The summed E-state index contributed by atoms with van der Waals surface area (Å²) < 4.78 is 13.0. The van der Waals surface area contributed by atoms with Gasteiger partial charge in [-0.25, -0.2) is 4.57 Å². The van der Waals surface area contributed by atoms with Crippen LogP contribution in [-0.4, -0.2) is 0 Å². The molecule has 0 aliphatic rings. The molecule has 0 spiro atoms. The summed E-state index contributed by atoms with van der Waals surface area (Å²) in [6.45, 7) is 2.12. The first kappa shape index (κ1) is 13.2. The van der Waals surface area contributed by atoms with Crippen molar-refractivity contribution in [3.05, 3.63) is 59.1 Å². The zero-order chi connectivity index (χ0) is 15.3. The van der Waals surface area contributed by atoms with Crippen LogP contribution in [0.2, 0.25) is 0 Å². The number of fused-ring (bicyclic) bond motifs is 2. The van der Waals surface area contributed by atoms with Crippen molar-refractivity contribution in [2.45, 2.75) is 6.92 Å². The Bertz CT molecular complexity index is 1080. The molecule has 0 amide bonds. The second-order valence-corrected chi connectivity index (χ2v) is 5.76. The van der Waals surface area contributed by atoms with Crippen LogP contribution in [0.5, 0.6) is 0 Å². The van der Waals surface area contributed by atoms with Gasteiger partial charge in [-0.1, -0.05) is 18.2 Å². The maximum atomic E-state index is 5.48. The first-order valence-corrected chi connectivity index (χ1v) is 7.46. The lowest BCUT2D eigenvalue weighted by molar-refractivity contribution is -0.659. The SMILES string of the molecule is Cc1ccccc1-c1c2cc3oc(=S)oc3cc2cc[n+]1C. The van der Waals surface area contributed by atoms with Gasteiger partial charge in [0.05, 0.1) is 5.39 Å². The molecule has 108 valence electrons. The highest BCUT2D eigenvalue weighted by atomic mass is 32.1. The minimum atomic E-state index is 0.159. The maximum Gasteiger partial charge on any atom is 0.363 e. The van der Waals surface area contributed by atoms with E-state index in [2.05, 4.69) is 55.1 Å². The molecule has 4 heteroatoms. The van der Waals surface area contributed by atoms with Crippen molar-refractivity contribution >= 4 is 34.2 Å². The normalized spacial score (nSPS) is 11.4. The van der Waals surface area contributed by atoms with Gasteiger partial charge >= 0.3 is 4.90 Å². The standard InChI is InChI=1S/C18H14NO2S/c1-11-5-3-4-6-13(11)17-14-10-16-15(20-18(22)21-16)9-12(14)7-8-19(17)2/h3-10H,1-2H3/q+1. The second kappa shape index (κ2) is 4.78. The summed E-state index contributed by atoms with van der Waals surface area (Å²) >= 11 is 4.99. The van der Waals surface area contributed by atoms with Crippen molar-refractivity contribution in [2.24, 2.45) is 7.05 Å². The molecule has 0 fully saturated rings. The Balaban J connectivity index is 2.16. The van der Waals surface area contributed by atoms with E-state index in [1.165, 1.54) is 11.1 Å². The molecular weight excluding hydrogens is 294 g/mol. The van der Waals surface area contributed by atoms with Crippen molar-refractivity contribution < 1.29 is 13.4 Å². The third-order valence-electron chi connectivity index (χ3n) is 3.99. The molecule has 0 radical (unpaired) electrons. The van der Waals surface area contributed by atoms with Crippen LogP contribution in [0, 0.1) is 11.8 Å². The largest absolute Gasteiger partial charge is 0.413 e. The molecule has 0 aliphatic heterocycles. The molecule has 0 N–H and O–H groups in total. The second-order valence-electron chi connectivity index (χ2n) is 5.43. The molecule has 4 aromatic rings. The number of rotatable bonds is 1. The molecule has 22 heavy (non-hydrogen) atoms. The van der Waals surface area contributed by atoms with Crippen LogP contribution in [-0.2, 0) is 7.05 Å². The van der Waals surface area contributed by atoms with E-state index in [1.807, 2.05) is 12.1 Å². The summed E-state index contributed by atoms with van der Waals surface area (Å²) in [5, 5.41) is 2.22. The summed E-state index contributed by atoms with van der Waals surface area (Å²) in [6.07, 6.45) is 2.06. The molecule has 0 unspecified atom stereocenters. The van der Waals surface area contributed by atoms with Gasteiger partial charge in [-0.3, -0.25) is 0 Å². The molecule has 2 aromatic heterocycles. The van der Waals surface area contributed by atoms with Crippen LogP contribution in [0.1, 0.15) is 5.56 Å². The van der Waals surface area contributed by atoms with E-state index in [0.717, 1.165) is 16.5 Å². The van der Waals surface area contributed by atoms with Gasteiger partial charge in [0.15, 0.2) is 17.4 Å². The fraction of sp³-hybridized carbons (Fsp3) is 0.111. The number of aryl methyl sites for hydroxylation is 2. The van der Waals surface area contributed by atoms with Gasteiger partial charge in [0, 0.05) is 23.8 Å². The Morgan fingerprint density at radius 1 is 1.00 bits per heavy atom. The summed E-state index contributed by atoms with van der Waals surface area (Å²) in [5.74, 6) is 0. The quantitative estimate of drug-likeness (QED) is 0.377. The highest BCUT2D eigenvalue weighted by Gasteiger charge is 2.18. The van der Waals surface area contributed by atoms with Crippen LogP contribution in [0.3, 0.4) is 0 Å². The predicted molar refractivity (Wildman–Crippen MR) is 88.2 cm³/mol. The van der Waals surface area contributed by atoms with E-state index in [1.54, 1.807) is 0 Å². The number of nitrogens with zero attached hydrogens (tertiary/aromatic N) is 1. The fourth-order valence-electron chi connectivity index (χ4n) is 2.91. The van der Waals surface area contributed by atoms with Crippen molar-refractivity contribution in [3.63, 3.8) is 0 Å². The third-order valence-corrected chi connectivity index (χ3v) is 4.15. The molecule has 2 aromatic carbocycles. The van der Waals surface area contributed by atoms with E-state index in [-0.39, 0.29) is 4.90 Å². The summed E-state index contributed by atoms with van der Waals surface area (Å²) in [6, 6.07) is 14.4. The monoisotopic (exact) mass is 308 g/mol. The van der Waals surface area contributed by atoms with Crippen LogP contribution < -0.4 is 4.57 Å². The number of aromatic nitrogens is 1. The summed E-state index contributed by atoms with van der Waals surface area (Å²) in [7, 11) is 2.05.